The molecule has 0 spiro atoms. The van der Waals surface area contributed by atoms with Crippen molar-refractivity contribution < 1.29 is 9.47 Å². The summed E-state index contributed by atoms with van der Waals surface area (Å²) >= 11 is 3.53. The van der Waals surface area contributed by atoms with E-state index in [0.29, 0.717) is 17.4 Å². The van der Waals surface area contributed by atoms with E-state index < -0.39 is 0 Å². The minimum Gasteiger partial charge on any atom is -0.486 e. The first kappa shape index (κ1) is 23.2. The molecule has 0 fully saturated rings. The lowest BCUT2D eigenvalue weighted by Gasteiger charge is -2.28. The van der Waals surface area contributed by atoms with Crippen LogP contribution in [0.25, 0.3) is 27.2 Å². The van der Waals surface area contributed by atoms with E-state index in [-0.39, 0.29) is 12.5 Å². The Labute approximate surface area is 238 Å². The normalized spacial score (nSPS) is 14.2. The Kier molecular flexibility index (Phi) is 5.31. The molecule has 0 aliphatic carbocycles. The van der Waals surface area contributed by atoms with Crippen LogP contribution >= 0.6 is 15.9 Å². The fraction of sp³-hybridized carbons (Fsp3) is 0.0606. The van der Waals surface area contributed by atoms with Crippen molar-refractivity contribution in [2.24, 2.45) is 0 Å². The van der Waals surface area contributed by atoms with Crippen molar-refractivity contribution in [2.75, 3.05) is 0 Å². The molecule has 8 rings (SSSR count). The van der Waals surface area contributed by atoms with E-state index >= 15 is 0 Å². The zero-order valence-electron chi connectivity index (χ0n) is 21.2. The largest absolute Gasteiger partial charge is 0.486 e. The first-order valence-corrected chi connectivity index (χ1v) is 13.8. The van der Waals surface area contributed by atoms with Crippen LogP contribution in [0.2, 0.25) is 0 Å². The van der Waals surface area contributed by atoms with Crippen LogP contribution in [0.3, 0.4) is 0 Å². The van der Waals surface area contributed by atoms with E-state index in [1.54, 1.807) is 10.8 Å². The average molecular weight is 585 g/mol. The number of halogens is 1. The Balaban J connectivity index is 1.21. The van der Waals surface area contributed by atoms with Gasteiger partial charge < -0.3 is 9.47 Å². The second kappa shape index (κ2) is 9.17. The minimum absolute atomic E-state index is 0.112. The van der Waals surface area contributed by atoms with E-state index in [0.717, 1.165) is 54.2 Å². The molecule has 1 unspecified atom stereocenters. The topological polar surface area (TPSA) is 61.5 Å². The maximum Gasteiger partial charge on any atom is 0.228 e. The number of rotatable bonds is 4. The number of nitrogens with zero attached hydrogens (tertiary/aromatic N) is 4. The average Bonchev–Trinajstić information content (AvgIpc) is 3.43. The fourth-order valence-corrected chi connectivity index (χ4v) is 5.96. The molecule has 7 aromatic rings. The summed E-state index contributed by atoms with van der Waals surface area (Å²) in [6, 6.07) is 35.2. The highest BCUT2D eigenvalue weighted by Crippen LogP contribution is 2.50. The molecule has 6 nitrogen and oxygen atoms in total. The van der Waals surface area contributed by atoms with Crippen molar-refractivity contribution in [1.29, 1.82) is 0 Å². The first-order chi connectivity index (χ1) is 19.7. The third kappa shape index (κ3) is 3.81. The minimum atomic E-state index is -0.112. The highest BCUT2D eigenvalue weighted by Gasteiger charge is 2.34. The third-order valence-electron chi connectivity index (χ3n) is 7.41. The molecule has 0 radical (unpaired) electrons. The van der Waals surface area contributed by atoms with Gasteiger partial charge in [-0.2, -0.15) is 0 Å². The smallest absolute Gasteiger partial charge is 0.228 e. The van der Waals surface area contributed by atoms with E-state index in [9.17, 15) is 0 Å². The predicted octanol–water partition coefficient (Wildman–Crippen LogP) is 8.06. The standard InChI is InChI=1S/C33H21BrN4O2/c34-24-13-10-23-17-25(14-11-22(23)16-24)39-18-28-36-32-30-29(21-7-2-1-3-8-21)27-15-12-20-6-4-5-9-26(20)31(27)40-33(30)35-19-38(32)37-28/h1-17,19,29H,18H2. The molecule has 0 amide bonds. The zero-order valence-corrected chi connectivity index (χ0v) is 22.7. The number of aromatic nitrogens is 4. The molecule has 40 heavy (non-hydrogen) atoms. The van der Waals surface area contributed by atoms with Gasteiger partial charge in [0.2, 0.25) is 5.88 Å². The predicted molar refractivity (Wildman–Crippen MR) is 158 cm³/mol. The van der Waals surface area contributed by atoms with Crippen LogP contribution in [0, 0.1) is 0 Å². The van der Waals surface area contributed by atoms with Gasteiger partial charge in [-0.1, -0.05) is 94.8 Å². The number of ether oxygens (including phenoxy) is 2. The lowest BCUT2D eigenvalue weighted by atomic mass is 9.83. The summed E-state index contributed by atoms with van der Waals surface area (Å²) < 4.78 is 15.4. The Bertz CT molecular complexity index is 2070. The Morgan fingerprint density at radius 3 is 2.55 bits per heavy atom. The van der Waals surface area contributed by atoms with Gasteiger partial charge in [-0.25, -0.2) is 14.5 Å². The second-order valence-electron chi connectivity index (χ2n) is 9.85. The van der Waals surface area contributed by atoms with Crippen LogP contribution < -0.4 is 9.47 Å². The van der Waals surface area contributed by atoms with E-state index in [1.165, 1.54) is 0 Å². The number of hydrogen-bond donors (Lipinski definition) is 0. The quantitative estimate of drug-likeness (QED) is 0.209. The molecule has 3 heterocycles. The maximum atomic E-state index is 6.51. The van der Waals surface area contributed by atoms with Gasteiger partial charge in [-0.05, 0) is 46.0 Å². The van der Waals surface area contributed by atoms with Gasteiger partial charge in [0, 0.05) is 21.3 Å². The summed E-state index contributed by atoms with van der Waals surface area (Å²) in [5, 5.41) is 9.14. The van der Waals surface area contributed by atoms with Gasteiger partial charge in [0.15, 0.2) is 11.5 Å². The first-order valence-electron chi connectivity index (χ1n) is 13.0. The monoisotopic (exact) mass is 584 g/mol. The molecule has 0 saturated heterocycles. The van der Waals surface area contributed by atoms with Crippen molar-refractivity contribution in [3.63, 3.8) is 0 Å². The van der Waals surface area contributed by atoms with Crippen molar-refractivity contribution >= 4 is 43.1 Å². The van der Waals surface area contributed by atoms with E-state index in [1.807, 2.05) is 36.4 Å². The molecule has 0 bridgehead atoms. The van der Waals surface area contributed by atoms with E-state index in [4.69, 9.17) is 24.5 Å². The molecule has 0 saturated carbocycles. The van der Waals surface area contributed by atoms with Crippen LogP contribution in [0.1, 0.15) is 28.4 Å². The van der Waals surface area contributed by atoms with Crippen LogP contribution in [-0.2, 0) is 6.61 Å². The van der Waals surface area contributed by atoms with Crippen LogP contribution in [-0.4, -0.2) is 19.6 Å². The van der Waals surface area contributed by atoms with Crippen LogP contribution in [0.5, 0.6) is 17.4 Å². The fourth-order valence-electron chi connectivity index (χ4n) is 5.58. The summed E-state index contributed by atoms with van der Waals surface area (Å²) in [7, 11) is 0. The molecule has 1 aliphatic rings. The third-order valence-corrected chi connectivity index (χ3v) is 7.91. The lowest BCUT2D eigenvalue weighted by Crippen LogP contribution is -2.15. The van der Waals surface area contributed by atoms with Gasteiger partial charge in [-0.3, -0.25) is 0 Å². The van der Waals surface area contributed by atoms with Crippen molar-refractivity contribution in [2.45, 2.75) is 12.5 Å². The van der Waals surface area contributed by atoms with Crippen LogP contribution in [0.4, 0.5) is 0 Å². The van der Waals surface area contributed by atoms with Gasteiger partial charge in [0.25, 0.3) is 0 Å². The van der Waals surface area contributed by atoms with Gasteiger partial charge >= 0.3 is 0 Å². The molecule has 5 aromatic carbocycles. The van der Waals surface area contributed by atoms with Gasteiger partial charge in [-0.15, -0.1) is 5.10 Å². The molecular formula is C33H21BrN4O2. The van der Waals surface area contributed by atoms with Crippen molar-refractivity contribution in [1.82, 2.24) is 19.6 Å². The van der Waals surface area contributed by atoms with Gasteiger partial charge in [0.1, 0.15) is 24.4 Å². The molecule has 1 atom stereocenters. The summed E-state index contributed by atoms with van der Waals surface area (Å²) in [5.74, 6) is 2.61. The molecule has 1 aliphatic heterocycles. The maximum absolute atomic E-state index is 6.51. The Morgan fingerprint density at radius 2 is 1.62 bits per heavy atom. The number of benzene rings is 5. The summed E-state index contributed by atoms with van der Waals surface area (Å²) in [6.07, 6.45) is 1.66. The molecule has 2 aromatic heterocycles. The summed E-state index contributed by atoms with van der Waals surface area (Å²) in [4.78, 5) is 9.62. The molecular weight excluding hydrogens is 564 g/mol. The SMILES string of the molecule is Brc1ccc2cc(OCc3nc4c5c(ncn4n3)Oc3c(ccc4ccccc34)C5c3ccccc3)ccc2c1. The lowest BCUT2D eigenvalue weighted by molar-refractivity contribution is 0.296. The highest BCUT2D eigenvalue weighted by molar-refractivity contribution is 9.10. The Morgan fingerprint density at radius 1 is 0.825 bits per heavy atom. The molecule has 7 heteroatoms. The van der Waals surface area contributed by atoms with Crippen LogP contribution in [0.15, 0.2) is 114 Å². The Hall–Kier alpha value is -4.75. The van der Waals surface area contributed by atoms with E-state index in [2.05, 4.69) is 82.7 Å². The molecule has 0 N–H and O–H groups in total. The van der Waals surface area contributed by atoms with Crippen molar-refractivity contribution in [3.05, 3.63) is 136 Å². The highest BCUT2D eigenvalue weighted by atomic mass is 79.9. The number of fused-ring (bicyclic) bond motifs is 7. The second-order valence-corrected chi connectivity index (χ2v) is 10.8. The molecule has 192 valence electrons. The zero-order chi connectivity index (χ0) is 26.6. The van der Waals surface area contributed by atoms with Gasteiger partial charge in [0.05, 0.1) is 5.56 Å². The summed E-state index contributed by atoms with van der Waals surface area (Å²) in [6.45, 7) is 0.233. The van der Waals surface area contributed by atoms with Crippen molar-refractivity contribution in [3.8, 4) is 17.4 Å². The summed E-state index contributed by atoms with van der Waals surface area (Å²) in [5.41, 5.74) is 3.82. The number of hydrogen-bond acceptors (Lipinski definition) is 5.